The van der Waals surface area contributed by atoms with Crippen LogP contribution in [0.3, 0.4) is 0 Å². The molecule has 1 unspecified atom stereocenters. The van der Waals surface area contributed by atoms with Crippen molar-refractivity contribution in [1.29, 1.82) is 0 Å². The second-order valence-corrected chi connectivity index (χ2v) is 8.05. The van der Waals surface area contributed by atoms with Crippen LogP contribution in [0.25, 0.3) is 0 Å². The molecule has 0 aromatic rings. The van der Waals surface area contributed by atoms with Gasteiger partial charge in [-0.2, -0.15) is 0 Å². The van der Waals surface area contributed by atoms with Crippen LogP contribution in [0.2, 0.25) is 0 Å². The van der Waals surface area contributed by atoms with Crippen molar-refractivity contribution >= 4 is 5.78 Å². The average Bonchev–Trinajstić information content (AvgIpc) is 2.43. The van der Waals surface area contributed by atoms with E-state index in [1.54, 1.807) is 6.92 Å². The van der Waals surface area contributed by atoms with Crippen molar-refractivity contribution in [3.05, 3.63) is 0 Å². The first-order chi connectivity index (χ1) is 11.0. The van der Waals surface area contributed by atoms with Crippen molar-refractivity contribution in [3.8, 4) is 11.8 Å². The SMILES string of the molecule is CCCCC1C(=O)[C@@H]2CC[C@H](O)[C@@H](C#C[C@@](C)(O)C3CCC3)[C@H]12. The number of ketones is 1. The van der Waals surface area contributed by atoms with Gasteiger partial charge in [-0.05, 0) is 50.9 Å². The van der Waals surface area contributed by atoms with E-state index in [2.05, 4.69) is 18.8 Å². The van der Waals surface area contributed by atoms with E-state index in [0.29, 0.717) is 12.2 Å². The Morgan fingerprint density at radius 2 is 2.00 bits per heavy atom. The minimum absolute atomic E-state index is 0.0860. The van der Waals surface area contributed by atoms with Gasteiger partial charge in [0.15, 0.2) is 0 Å². The first-order valence-electron chi connectivity index (χ1n) is 9.42. The van der Waals surface area contributed by atoms with Gasteiger partial charge < -0.3 is 10.2 Å². The molecule has 0 aromatic heterocycles. The summed E-state index contributed by atoms with van der Waals surface area (Å²) in [5, 5.41) is 21.0. The van der Waals surface area contributed by atoms with Crippen LogP contribution in [0, 0.1) is 41.4 Å². The van der Waals surface area contributed by atoms with Gasteiger partial charge in [-0.25, -0.2) is 0 Å². The lowest BCUT2D eigenvalue weighted by molar-refractivity contribution is -0.154. The van der Waals surface area contributed by atoms with E-state index < -0.39 is 11.7 Å². The van der Waals surface area contributed by atoms with Crippen molar-refractivity contribution in [1.82, 2.24) is 0 Å². The van der Waals surface area contributed by atoms with Crippen LogP contribution < -0.4 is 0 Å². The topological polar surface area (TPSA) is 57.5 Å². The van der Waals surface area contributed by atoms with E-state index in [9.17, 15) is 15.0 Å². The van der Waals surface area contributed by atoms with Crippen molar-refractivity contribution in [3.63, 3.8) is 0 Å². The number of hydrogen-bond donors (Lipinski definition) is 2. The van der Waals surface area contributed by atoms with Gasteiger partial charge in [-0.3, -0.25) is 4.79 Å². The maximum absolute atomic E-state index is 12.3. The monoisotopic (exact) mass is 318 g/mol. The summed E-state index contributed by atoms with van der Waals surface area (Å²) in [6.07, 6.45) is 7.37. The highest BCUT2D eigenvalue weighted by molar-refractivity contribution is 5.90. The molecule has 3 nitrogen and oxygen atoms in total. The van der Waals surface area contributed by atoms with Gasteiger partial charge in [0.2, 0.25) is 0 Å². The van der Waals surface area contributed by atoms with E-state index in [1.807, 2.05) is 0 Å². The molecule has 3 aliphatic rings. The third kappa shape index (κ3) is 3.08. The van der Waals surface area contributed by atoms with Crippen LogP contribution in [-0.4, -0.2) is 27.7 Å². The zero-order valence-electron chi connectivity index (χ0n) is 14.4. The van der Waals surface area contributed by atoms with Crippen LogP contribution >= 0.6 is 0 Å². The van der Waals surface area contributed by atoms with Crippen LogP contribution in [0.1, 0.15) is 65.2 Å². The summed E-state index contributed by atoms with van der Waals surface area (Å²) in [6, 6.07) is 0. The summed E-state index contributed by atoms with van der Waals surface area (Å²) >= 11 is 0. The zero-order valence-corrected chi connectivity index (χ0v) is 14.4. The maximum atomic E-state index is 12.3. The van der Waals surface area contributed by atoms with E-state index >= 15 is 0 Å². The zero-order chi connectivity index (χ0) is 16.6. The molecule has 3 aliphatic carbocycles. The number of hydrogen-bond acceptors (Lipinski definition) is 3. The molecule has 23 heavy (non-hydrogen) atoms. The highest BCUT2D eigenvalue weighted by Crippen LogP contribution is 2.51. The predicted molar refractivity (Wildman–Crippen MR) is 89.5 cm³/mol. The largest absolute Gasteiger partial charge is 0.392 e. The lowest BCUT2D eigenvalue weighted by Gasteiger charge is -2.51. The highest BCUT2D eigenvalue weighted by atomic mass is 16.3. The number of carbonyl (C=O) groups is 1. The Bertz CT molecular complexity index is 509. The molecule has 0 bridgehead atoms. The first-order valence-corrected chi connectivity index (χ1v) is 9.42. The van der Waals surface area contributed by atoms with Crippen molar-refractivity contribution < 1.29 is 15.0 Å². The Labute approximate surface area is 139 Å². The predicted octanol–water partition coefficient (Wildman–Crippen LogP) is 2.93. The number of unbranched alkanes of at least 4 members (excludes halogenated alkanes) is 1. The summed E-state index contributed by atoms with van der Waals surface area (Å²) in [5.41, 5.74) is -0.947. The Hall–Kier alpha value is -0.850. The number of aliphatic hydroxyl groups excluding tert-OH is 1. The third-order valence-corrected chi connectivity index (χ3v) is 6.52. The highest BCUT2D eigenvalue weighted by Gasteiger charge is 2.55. The van der Waals surface area contributed by atoms with E-state index in [0.717, 1.165) is 38.5 Å². The molecular weight excluding hydrogens is 288 g/mol. The molecule has 0 heterocycles. The molecule has 3 rings (SSSR count). The summed E-state index contributed by atoms with van der Waals surface area (Å²) in [7, 11) is 0. The van der Waals surface area contributed by atoms with Crippen molar-refractivity contribution in [2.24, 2.45) is 29.6 Å². The molecule has 2 N–H and O–H groups in total. The van der Waals surface area contributed by atoms with Gasteiger partial charge >= 0.3 is 0 Å². The minimum atomic E-state index is -0.947. The molecule has 0 aliphatic heterocycles. The Kier molecular flexibility index (Phi) is 4.85. The fraction of sp³-hybridized carbons (Fsp3) is 0.850. The molecule has 0 saturated heterocycles. The third-order valence-electron chi connectivity index (χ3n) is 6.52. The van der Waals surface area contributed by atoms with Crippen LogP contribution in [0.5, 0.6) is 0 Å². The minimum Gasteiger partial charge on any atom is -0.392 e. The van der Waals surface area contributed by atoms with Gasteiger partial charge in [0.25, 0.3) is 0 Å². The molecule has 0 amide bonds. The molecular formula is C20H30O3. The molecule has 6 atom stereocenters. The normalized spacial score (nSPS) is 39.3. The van der Waals surface area contributed by atoms with E-state index in [4.69, 9.17) is 0 Å². The second-order valence-electron chi connectivity index (χ2n) is 8.05. The molecule has 3 saturated carbocycles. The van der Waals surface area contributed by atoms with Gasteiger partial charge in [0.05, 0.1) is 12.0 Å². The molecule has 3 fully saturated rings. The quantitative estimate of drug-likeness (QED) is 0.784. The van der Waals surface area contributed by atoms with Gasteiger partial charge in [-0.1, -0.05) is 38.0 Å². The number of rotatable bonds is 4. The summed E-state index contributed by atoms with van der Waals surface area (Å²) in [5.74, 6) is 7.22. The summed E-state index contributed by atoms with van der Waals surface area (Å²) in [6.45, 7) is 3.94. The van der Waals surface area contributed by atoms with Crippen molar-refractivity contribution in [2.45, 2.75) is 76.9 Å². The first kappa shape index (κ1) is 17.0. The smallest absolute Gasteiger partial charge is 0.139 e. The number of aliphatic hydroxyl groups is 2. The average molecular weight is 318 g/mol. The fourth-order valence-electron chi connectivity index (χ4n) is 4.69. The van der Waals surface area contributed by atoms with Crippen LogP contribution in [0.15, 0.2) is 0 Å². The molecule has 0 radical (unpaired) electrons. The summed E-state index contributed by atoms with van der Waals surface area (Å²) < 4.78 is 0. The van der Waals surface area contributed by atoms with Gasteiger partial charge in [0.1, 0.15) is 11.4 Å². The standard InChI is InChI=1S/C20H30O3/c1-3-4-8-15-18-14(17(21)10-9-16(18)19(15)22)11-12-20(2,23)13-6-5-7-13/h13-18,21,23H,3-10H2,1-2H3/t14-,15?,16-,17+,18-,20-/m1/s1. The fourth-order valence-corrected chi connectivity index (χ4v) is 4.69. The Morgan fingerprint density at radius 3 is 2.61 bits per heavy atom. The number of fused-ring (bicyclic) bond motifs is 1. The number of Topliss-reactive ketones (excluding diaryl/α,β-unsaturated/α-hetero) is 1. The van der Waals surface area contributed by atoms with Crippen molar-refractivity contribution in [2.75, 3.05) is 0 Å². The number of carbonyl (C=O) groups excluding carboxylic acids is 1. The molecule has 0 spiro atoms. The van der Waals surface area contributed by atoms with Crippen LogP contribution in [-0.2, 0) is 4.79 Å². The van der Waals surface area contributed by atoms with Crippen LogP contribution in [0.4, 0.5) is 0 Å². The molecule has 0 aromatic carbocycles. The second kappa shape index (κ2) is 6.57. The lowest BCUT2D eigenvalue weighted by atomic mass is 9.52. The molecule has 3 heteroatoms. The van der Waals surface area contributed by atoms with E-state index in [-0.39, 0.29) is 29.6 Å². The Balaban J connectivity index is 1.74. The van der Waals surface area contributed by atoms with E-state index in [1.165, 1.54) is 6.42 Å². The maximum Gasteiger partial charge on any atom is 0.139 e. The summed E-state index contributed by atoms with van der Waals surface area (Å²) in [4.78, 5) is 12.3. The van der Waals surface area contributed by atoms with Gasteiger partial charge in [-0.15, -0.1) is 0 Å². The van der Waals surface area contributed by atoms with Gasteiger partial charge in [0, 0.05) is 11.8 Å². The molecule has 128 valence electrons. The lowest BCUT2D eigenvalue weighted by Crippen LogP contribution is -2.56. The Morgan fingerprint density at radius 1 is 1.26 bits per heavy atom.